The Labute approximate surface area is 162 Å². The highest BCUT2D eigenvalue weighted by atomic mass is 35.5. The van der Waals surface area contributed by atoms with Crippen LogP contribution in [-0.2, 0) is 9.59 Å². The van der Waals surface area contributed by atoms with Gasteiger partial charge in [0.1, 0.15) is 5.75 Å². The summed E-state index contributed by atoms with van der Waals surface area (Å²) >= 11 is 7.35. The summed E-state index contributed by atoms with van der Waals surface area (Å²) in [4.78, 5) is 24.4. The van der Waals surface area contributed by atoms with E-state index in [0.29, 0.717) is 18.2 Å². The lowest BCUT2D eigenvalue weighted by molar-refractivity contribution is -0.122. The molecule has 1 atom stereocenters. The molecule has 2 rings (SSSR count). The summed E-state index contributed by atoms with van der Waals surface area (Å²) in [6.07, 6.45) is 1.90. The van der Waals surface area contributed by atoms with Crippen molar-refractivity contribution < 1.29 is 14.3 Å². The highest BCUT2D eigenvalue weighted by Crippen LogP contribution is 2.22. The molecule has 1 aromatic carbocycles. The van der Waals surface area contributed by atoms with Gasteiger partial charge in [0, 0.05) is 23.4 Å². The van der Waals surface area contributed by atoms with Crippen LogP contribution >= 0.6 is 22.9 Å². The van der Waals surface area contributed by atoms with Crippen LogP contribution in [0.2, 0.25) is 5.02 Å². The summed E-state index contributed by atoms with van der Waals surface area (Å²) in [5, 5.41) is 8.34. The number of thiophene rings is 1. The lowest BCUT2D eigenvalue weighted by Crippen LogP contribution is -2.32. The van der Waals surface area contributed by atoms with Gasteiger partial charge in [-0.05, 0) is 48.6 Å². The van der Waals surface area contributed by atoms with E-state index in [4.69, 9.17) is 16.3 Å². The second-order valence-corrected chi connectivity index (χ2v) is 7.25. The first-order valence-corrected chi connectivity index (χ1v) is 9.76. The minimum absolute atomic E-state index is 0.0734. The van der Waals surface area contributed by atoms with Gasteiger partial charge in [-0.2, -0.15) is 0 Å². The fraction of sp³-hybridized carbons (Fsp3) is 0.368. The van der Waals surface area contributed by atoms with Gasteiger partial charge < -0.3 is 15.4 Å². The average molecular weight is 395 g/mol. The maximum Gasteiger partial charge on any atom is 0.222 e. The van der Waals surface area contributed by atoms with Crippen LogP contribution in [0, 0.1) is 0 Å². The first-order valence-electron chi connectivity index (χ1n) is 8.50. The number of unbranched alkanes of at least 4 members (excludes halogenated alkanes) is 1. The Balaban J connectivity index is 1.63. The first kappa shape index (κ1) is 20.3. The molecule has 7 heteroatoms. The first-order chi connectivity index (χ1) is 12.5. The monoisotopic (exact) mass is 394 g/mol. The van der Waals surface area contributed by atoms with Gasteiger partial charge in [-0.25, -0.2) is 0 Å². The zero-order chi connectivity index (χ0) is 18.8. The maximum atomic E-state index is 12.1. The molecule has 140 valence electrons. The highest BCUT2D eigenvalue weighted by molar-refractivity contribution is 7.10. The Morgan fingerprint density at radius 1 is 1.19 bits per heavy atom. The standard InChI is InChI=1S/C19H23ClN2O3S/c1-14(23)22-17(18-5-4-12-26-18)13-19(24)21-10-2-3-11-25-16-8-6-15(20)7-9-16/h4-9,12,17H,2-3,10-11,13H2,1H3,(H,21,24)(H,22,23)/t17-/m1/s1. The van der Waals surface area contributed by atoms with E-state index < -0.39 is 0 Å². The minimum atomic E-state index is -0.277. The predicted molar refractivity (Wildman–Crippen MR) is 105 cm³/mol. The van der Waals surface area contributed by atoms with Crippen LogP contribution < -0.4 is 15.4 Å². The molecule has 0 radical (unpaired) electrons. The van der Waals surface area contributed by atoms with Gasteiger partial charge in [-0.15, -0.1) is 11.3 Å². The number of carbonyl (C=O) groups excluding carboxylic acids is 2. The van der Waals surface area contributed by atoms with E-state index in [2.05, 4.69) is 10.6 Å². The Kier molecular flexibility index (Phi) is 8.44. The van der Waals surface area contributed by atoms with Gasteiger partial charge in [0.2, 0.25) is 11.8 Å². The van der Waals surface area contributed by atoms with Gasteiger partial charge in [-0.3, -0.25) is 9.59 Å². The second kappa shape index (κ2) is 10.8. The van der Waals surface area contributed by atoms with Crippen molar-refractivity contribution in [1.82, 2.24) is 10.6 Å². The number of hydrogen-bond donors (Lipinski definition) is 2. The number of amides is 2. The van der Waals surface area contributed by atoms with E-state index in [1.54, 1.807) is 12.1 Å². The van der Waals surface area contributed by atoms with E-state index in [-0.39, 0.29) is 24.3 Å². The molecular formula is C19H23ClN2O3S. The molecule has 0 saturated heterocycles. The molecule has 0 unspecified atom stereocenters. The van der Waals surface area contributed by atoms with E-state index in [1.807, 2.05) is 29.6 Å². The molecule has 26 heavy (non-hydrogen) atoms. The summed E-state index contributed by atoms with van der Waals surface area (Å²) in [6.45, 7) is 2.63. The zero-order valence-electron chi connectivity index (χ0n) is 14.7. The summed E-state index contributed by atoms with van der Waals surface area (Å²) in [5.74, 6) is 0.568. The topological polar surface area (TPSA) is 67.4 Å². The number of benzene rings is 1. The molecule has 0 bridgehead atoms. The number of hydrogen-bond acceptors (Lipinski definition) is 4. The highest BCUT2D eigenvalue weighted by Gasteiger charge is 2.17. The number of carbonyl (C=O) groups is 2. The van der Waals surface area contributed by atoms with Crippen LogP contribution in [0.4, 0.5) is 0 Å². The normalized spacial score (nSPS) is 11.6. The van der Waals surface area contributed by atoms with Crippen molar-refractivity contribution in [2.75, 3.05) is 13.2 Å². The Bertz CT molecular complexity index is 689. The van der Waals surface area contributed by atoms with Crippen molar-refractivity contribution >= 4 is 34.8 Å². The van der Waals surface area contributed by atoms with E-state index in [9.17, 15) is 9.59 Å². The third-order valence-electron chi connectivity index (χ3n) is 3.63. The number of rotatable bonds is 10. The van der Waals surface area contributed by atoms with Crippen LogP contribution in [0.1, 0.15) is 37.1 Å². The van der Waals surface area contributed by atoms with Crippen LogP contribution in [0.3, 0.4) is 0 Å². The molecule has 0 aliphatic rings. The molecule has 2 aromatic rings. The van der Waals surface area contributed by atoms with Crippen molar-refractivity contribution in [2.45, 2.75) is 32.2 Å². The molecule has 0 aliphatic heterocycles. The van der Waals surface area contributed by atoms with Crippen molar-refractivity contribution in [3.05, 3.63) is 51.7 Å². The van der Waals surface area contributed by atoms with Gasteiger partial charge >= 0.3 is 0 Å². The van der Waals surface area contributed by atoms with Crippen molar-refractivity contribution in [3.8, 4) is 5.75 Å². The largest absolute Gasteiger partial charge is 0.494 e. The summed E-state index contributed by atoms with van der Waals surface area (Å²) in [7, 11) is 0. The lowest BCUT2D eigenvalue weighted by atomic mass is 10.1. The quantitative estimate of drug-likeness (QED) is 0.599. The number of halogens is 1. The van der Waals surface area contributed by atoms with Crippen molar-refractivity contribution in [2.24, 2.45) is 0 Å². The van der Waals surface area contributed by atoms with Crippen molar-refractivity contribution in [1.29, 1.82) is 0 Å². The molecule has 2 amide bonds. The van der Waals surface area contributed by atoms with Crippen molar-refractivity contribution in [3.63, 3.8) is 0 Å². The molecule has 0 saturated carbocycles. The fourth-order valence-electron chi connectivity index (χ4n) is 2.39. The Hall–Kier alpha value is -2.05. The molecule has 1 aromatic heterocycles. The molecule has 5 nitrogen and oxygen atoms in total. The van der Waals surface area contributed by atoms with Gasteiger partial charge in [0.05, 0.1) is 19.1 Å². The predicted octanol–water partition coefficient (Wildman–Crippen LogP) is 3.94. The smallest absolute Gasteiger partial charge is 0.222 e. The Morgan fingerprint density at radius 2 is 1.96 bits per heavy atom. The molecule has 0 fully saturated rings. The molecule has 0 aliphatic carbocycles. The average Bonchev–Trinajstić information content (AvgIpc) is 3.13. The summed E-state index contributed by atoms with van der Waals surface area (Å²) in [5.41, 5.74) is 0. The second-order valence-electron chi connectivity index (χ2n) is 5.83. The minimum Gasteiger partial charge on any atom is -0.494 e. The zero-order valence-corrected chi connectivity index (χ0v) is 16.2. The molecular weight excluding hydrogens is 372 g/mol. The third-order valence-corrected chi connectivity index (χ3v) is 4.87. The fourth-order valence-corrected chi connectivity index (χ4v) is 3.29. The number of nitrogens with one attached hydrogen (secondary N) is 2. The Morgan fingerprint density at radius 3 is 2.62 bits per heavy atom. The number of ether oxygens (including phenoxy) is 1. The molecule has 0 spiro atoms. The van der Waals surface area contributed by atoms with E-state index in [1.165, 1.54) is 18.3 Å². The van der Waals surface area contributed by atoms with E-state index >= 15 is 0 Å². The third kappa shape index (κ3) is 7.45. The maximum absolute atomic E-state index is 12.1. The SMILES string of the molecule is CC(=O)N[C@H](CC(=O)NCCCCOc1ccc(Cl)cc1)c1cccs1. The molecule has 1 heterocycles. The van der Waals surface area contributed by atoms with Crippen LogP contribution in [0.5, 0.6) is 5.75 Å². The summed E-state index contributed by atoms with van der Waals surface area (Å²) < 4.78 is 5.61. The van der Waals surface area contributed by atoms with Crippen LogP contribution in [0.25, 0.3) is 0 Å². The lowest BCUT2D eigenvalue weighted by Gasteiger charge is -2.16. The van der Waals surface area contributed by atoms with Gasteiger partial charge in [0.15, 0.2) is 0 Å². The summed E-state index contributed by atoms with van der Waals surface area (Å²) in [6, 6.07) is 10.8. The van der Waals surface area contributed by atoms with Crippen LogP contribution in [-0.4, -0.2) is 25.0 Å². The van der Waals surface area contributed by atoms with Crippen LogP contribution in [0.15, 0.2) is 41.8 Å². The van der Waals surface area contributed by atoms with E-state index in [0.717, 1.165) is 23.5 Å². The molecule has 2 N–H and O–H groups in total. The van der Waals surface area contributed by atoms with Gasteiger partial charge in [-0.1, -0.05) is 17.7 Å². The van der Waals surface area contributed by atoms with Gasteiger partial charge in [0.25, 0.3) is 0 Å².